The zero-order valence-corrected chi connectivity index (χ0v) is 11.2. The molecule has 0 aliphatic rings. The predicted octanol–water partition coefficient (Wildman–Crippen LogP) is 2.92. The number of aromatic amines is 1. The van der Waals surface area contributed by atoms with Gasteiger partial charge in [-0.25, -0.2) is 0 Å². The molecule has 1 N–H and O–H groups in total. The van der Waals surface area contributed by atoms with Crippen LogP contribution in [-0.2, 0) is 7.05 Å². The predicted molar refractivity (Wildman–Crippen MR) is 68.1 cm³/mol. The van der Waals surface area contributed by atoms with Gasteiger partial charge >= 0.3 is 0 Å². The summed E-state index contributed by atoms with van der Waals surface area (Å²) in [7, 11) is 3.45. The van der Waals surface area contributed by atoms with Gasteiger partial charge in [0.25, 0.3) is 0 Å². The number of rotatable bonds is 2. The van der Waals surface area contributed by atoms with Gasteiger partial charge in [0, 0.05) is 11.5 Å². The lowest BCUT2D eigenvalue weighted by Gasteiger charge is -2.05. The number of aryl methyl sites for hydroxylation is 1. The molecule has 0 atom stereocenters. The number of benzene rings is 1. The van der Waals surface area contributed by atoms with Crippen molar-refractivity contribution in [2.75, 3.05) is 7.11 Å². The first kappa shape index (κ1) is 11.3. The Bertz CT molecular complexity index is 576. The molecule has 0 fully saturated rings. The number of nitrogens with zero attached hydrogens (tertiary/aromatic N) is 2. The molecular weight excluding hydrogens is 290 g/mol. The Morgan fingerprint density at radius 1 is 1.50 bits per heavy atom. The van der Waals surface area contributed by atoms with Gasteiger partial charge in [-0.05, 0) is 30.4 Å². The van der Waals surface area contributed by atoms with E-state index in [-0.39, 0.29) is 0 Å². The summed E-state index contributed by atoms with van der Waals surface area (Å²) in [6.45, 7) is 0. The number of methoxy groups -OCH3 is 1. The quantitative estimate of drug-likeness (QED) is 0.867. The van der Waals surface area contributed by atoms with Crippen LogP contribution in [0.4, 0.5) is 0 Å². The highest BCUT2D eigenvalue weighted by Gasteiger charge is 2.09. The Kier molecular flexibility index (Phi) is 3.11. The van der Waals surface area contributed by atoms with Crippen LogP contribution in [-0.4, -0.2) is 21.9 Å². The van der Waals surface area contributed by atoms with Gasteiger partial charge < -0.3 is 4.74 Å². The molecule has 84 valence electrons. The maximum absolute atomic E-state index is 5.30. The fourth-order valence-corrected chi connectivity index (χ4v) is 1.86. The average molecular weight is 300 g/mol. The highest BCUT2D eigenvalue weighted by atomic mass is 79.9. The molecule has 0 aliphatic heterocycles. The number of halogens is 1. The van der Waals surface area contributed by atoms with Gasteiger partial charge in [-0.1, -0.05) is 15.9 Å². The lowest BCUT2D eigenvalue weighted by atomic mass is 10.2. The Balaban J connectivity index is 2.59. The van der Waals surface area contributed by atoms with E-state index in [0.717, 1.165) is 15.8 Å². The van der Waals surface area contributed by atoms with Crippen LogP contribution in [0.25, 0.3) is 11.4 Å². The van der Waals surface area contributed by atoms with E-state index in [1.54, 1.807) is 11.8 Å². The Morgan fingerprint density at radius 2 is 2.25 bits per heavy atom. The first-order valence-electron chi connectivity index (χ1n) is 4.59. The summed E-state index contributed by atoms with van der Waals surface area (Å²) in [5.74, 6) is 1.45. The van der Waals surface area contributed by atoms with Crippen LogP contribution in [0.1, 0.15) is 0 Å². The fraction of sp³-hybridized carbons (Fsp3) is 0.200. The molecule has 4 nitrogen and oxygen atoms in total. The SMILES string of the molecule is COc1cc(Br)ccc1-c1nc(=S)n(C)[nH]1. The topological polar surface area (TPSA) is 42.8 Å². The fourth-order valence-electron chi connectivity index (χ4n) is 1.38. The second-order valence-electron chi connectivity index (χ2n) is 3.26. The highest BCUT2D eigenvalue weighted by molar-refractivity contribution is 9.10. The molecule has 0 unspecified atom stereocenters. The number of nitrogens with one attached hydrogen (secondary N) is 1. The monoisotopic (exact) mass is 299 g/mol. The smallest absolute Gasteiger partial charge is 0.216 e. The Hall–Kier alpha value is -1.14. The Morgan fingerprint density at radius 3 is 2.81 bits per heavy atom. The van der Waals surface area contributed by atoms with Crippen molar-refractivity contribution in [2.45, 2.75) is 0 Å². The van der Waals surface area contributed by atoms with Crippen molar-refractivity contribution in [3.63, 3.8) is 0 Å². The molecule has 0 saturated carbocycles. The zero-order chi connectivity index (χ0) is 11.7. The first-order valence-corrected chi connectivity index (χ1v) is 5.79. The summed E-state index contributed by atoms with van der Waals surface area (Å²) in [6.07, 6.45) is 0. The molecule has 6 heteroatoms. The van der Waals surface area contributed by atoms with E-state index in [1.165, 1.54) is 0 Å². The molecule has 0 bridgehead atoms. The molecule has 0 saturated heterocycles. The number of hydrogen-bond acceptors (Lipinski definition) is 3. The molecule has 16 heavy (non-hydrogen) atoms. The third-order valence-corrected chi connectivity index (χ3v) is 3.05. The zero-order valence-electron chi connectivity index (χ0n) is 8.82. The van der Waals surface area contributed by atoms with Crippen LogP contribution < -0.4 is 4.74 Å². The largest absolute Gasteiger partial charge is 0.496 e. The van der Waals surface area contributed by atoms with Crippen molar-refractivity contribution < 1.29 is 4.74 Å². The lowest BCUT2D eigenvalue weighted by Crippen LogP contribution is -1.92. The van der Waals surface area contributed by atoms with Gasteiger partial charge in [0.15, 0.2) is 5.82 Å². The summed E-state index contributed by atoms with van der Waals surface area (Å²) in [5, 5.41) is 3.06. The van der Waals surface area contributed by atoms with E-state index in [0.29, 0.717) is 10.6 Å². The summed E-state index contributed by atoms with van der Waals surface area (Å²) in [6, 6.07) is 5.75. The molecule has 0 amide bonds. The van der Waals surface area contributed by atoms with Crippen molar-refractivity contribution in [1.82, 2.24) is 14.8 Å². The number of H-pyrrole nitrogens is 1. The molecule has 0 spiro atoms. The van der Waals surface area contributed by atoms with E-state index < -0.39 is 0 Å². The van der Waals surface area contributed by atoms with Gasteiger partial charge in [0.1, 0.15) is 5.75 Å². The Labute approximate surface area is 106 Å². The van der Waals surface area contributed by atoms with Crippen LogP contribution in [0.3, 0.4) is 0 Å². The third kappa shape index (κ3) is 2.03. The molecule has 0 aliphatic carbocycles. The van der Waals surface area contributed by atoms with E-state index in [4.69, 9.17) is 17.0 Å². The van der Waals surface area contributed by atoms with Crippen LogP contribution in [0, 0.1) is 4.77 Å². The molecule has 1 aromatic heterocycles. The van der Waals surface area contributed by atoms with Crippen molar-refractivity contribution in [3.05, 3.63) is 27.4 Å². The van der Waals surface area contributed by atoms with Crippen molar-refractivity contribution in [2.24, 2.45) is 7.05 Å². The van der Waals surface area contributed by atoms with E-state index >= 15 is 0 Å². The van der Waals surface area contributed by atoms with Crippen LogP contribution in [0.15, 0.2) is 22.7 Å². The van der Waals surface area contributed by atoms with Crippen molar-refractivity contribution in [1.29, 1.82) is 0 Å². The molecule has 0 radical (unpaired) electrons. The second kappa shape index (κ2) is 4.39. The first-order chi connectivity index (χ1) is 7.61. The number of hydrogen-bond donors (Lipinski definition) is 1. The summed E-state index contributed by atoms with van der Waals surface area (Å²) >= 11 is 8.44. The maximum atomic E-state index is 5.30. The minimum atomic E-state index is 0.514. The average Bonchev–Trinajstić information content (AvgIpc) is 2.59. The second-order valence-corrected chi connectivity index (χ2v) is 4.54. The van der Waals surface area contributed by atoms with Gasteiger partial charge in [0.05, 0.1) is 12.7 Å². The van der Waals surface area contributed by atoms with E-state index in [2.05, 4.69) is 26.0 Å². The van der Waals surface area contributed by atoms with E-state index in [9.17, 15) is 0 Å². The number of aromatic nitrogens is 3. The lowest BCUT2D eigenvalue weighted by molar-refractivity contribution is 0.416. The maximum Gasteiger partial charge on any atom is 0.216 e. The minimum Gasteiger partial charge on any atom is -0.496 e. The van der Waals surface area contributed by atoms with Crippen molar-refractivity contribution >= 4 is 28.1 Å². The van der Waals surface area contributed by atoms with Crippen LogP contribution in [0.2, 0.25) is 0 Å². The third-order valence-electron chi connectivity index (χ3n) is 2.19. The van der Waals surface area contributed by atoms with E-state index in [1.807, 2.05) is 25.2 Å². The minimum absolute atomic E-state index is 0.514. The van der Waals surface area contributed by atoms with Crippen LogP contribution >= 0.6 is 28.1 Å². The molecule has 1 aromatic carbocycles. The highest BCUT2D eigenvalue weighted by Crippen LogP contribution is 2.30. The summed E-state index contributed by atoms with van der Waals surface area (Å²) < 4.78 is 8.46. The molecular formula is C10H10BrN3OS. The summed E-state index contributed by atoms with van der Waals surface area (Å²) in [4.78, 5) is 4.25. The molecule has 2 aromatic rings. The normalized spacial score (nSPS) is 10.4. The molecule has 1 heterocycles. The number of ether oxygens (including phenoxy) is 1. The van der Waals surface area contributed by atoms with Gasteiger partial charge in [-0.3, -0.25) is 9.78 Å². The van der Waals surface area contributed by atoms with Gasteiger partial charge in [0.2, 0.25) is 4.77 Å². The summed E-state index contributed by atoms with van der Waals surface area (Å²) in [5.41, 5.74) is 0.886. The van der Waals surface area contributed by atoms with Gasteiger partial charge in [-0.15, -0.1) is 0 Å². The molecule has 2 rings (SSSR count). The van der Waals surface area contributed by atoms with Gasteiger partial charge in [-0.2, -0.15) is 4.98 Å². The van der Waals surface area contributed by atoms with Crippen LogP contribution in [0.5, 0.6) is 5.75 Å². The van der Waals surface area contributed by atoms with Crippen molar-refractivity contribution in [3.8, 4) is 17.1 Å². The standard InChI is InChI=1S/C10H10BrN3OS/c1-14-10(16)12-9(13-14)7-4-3-6(11)5-8(7)15-2/h3-5H,1-2H3,(H,12,13,16).